The van der Waals surface area contributed by atoms with Gasteiger partial charge in [0.2, 0.25) is 0 Å². The molecule has 0 N–H and O–H groups in total. The van der Waals surface area contributed by atoms with Gasteiger partial charge in [0.05, 0.1) is 19.1 Å². The van der Waals surface area contributed by atoms with Gasteiger partial charge in [-0.25, -0.2) is 0 Å². The van der Waals surface area contributed by atoms with E-state index in [4.69, 9.17) is 9.16 Å². The molecular weight excluding hydrogens is 256 g/mol. The second kappa shape index (κ2) is 7.85. The summed E-state index contributed by atoms with van der Waals surface area (Å²) < 4.78 is 11.1. The van der Waals surface area contributed by atoms with Crippen molar-refractivity contribution in [2.24, 2.45) is 17.8 Å². The summed E-state index contributed by atoms with van der Waals surface area (Å²) in [5, 5.41) is 0. The van der Waals surface area contributed by atoms with Crippen molar-refractivity contribution in [2.45, 2.75) is 52.9 Å². The van der Waals surface area contributed by atoms with Crippen LogP contribution in [0, 0.1) is 17.8 Å². The first-order valence-electron chi connectivity index (χ1n) is 7.00. The van der Waals surface area contributed by atoms with Gasteiger partial charge in [-0.15, -0.1) is 6.58 Å². The molecule has 3 nitrogen and oxygen atoms in total. The van der Waals surface area contributed by atoms with Crippen LogP contribution in [-0.2, 0) is 14.0 Å². The Labute approximate surface area is 119 Å². The summed E-state index contributed by atoms with van der Waals surface area (Å²) in [6.45, 7) is 16.6. The van der Waals surface area contributed by atoms with Gasteiger partial charge in [-0.05, 0) is 37.9 Å². The van der Waals surface area contributed by atoms with Gasteiger partial charge in [0.15, 0.2) is 8.32 Å². The number of methoxy groups -OCH3 is 1. The van der Waals surface area contributed by atoms with Crippen LogP contribution in [0.1, 0.15) is 27.2 Å². The molecule has 0 aliphatic heterocycles. The summed E-state index contributed by atoms with van der Waals surface area (Å²) >= 11 is 0. The molecule has 0 aromatic heterocycles. The molecule has 0 aromatic rings. The summed E-state index contributed by atoms with van der Waals surface area (Å²) in [6, 6.07) is 0. The average Bonchev–Trinajstić information content (AvgIpc) is 2.32. The second-order valence-corrected chi connectivity index (χ2v) is 10.9. The fourth-order valence-corrected chi connectivity index (χ4v) is 3.54. The van der Waals surface area contributed by atoms with Gasteiger partial charge in [0.25, 0.3) is 0 Å². The van der Waals surface area contributed by atoms with Gasteiger partial charge in [0.1, 0.15) is 0 Å². The molecule has 0 rings (SSSR count). The van der Waals surface area contributed by atoms with E-state index in [-0.39, 0.29) is 23.9 Å². The average molecular weight is 286 g/mol. The number of carbonyl (C=O) groups excluding carboxylic acids is 1. The van der Waals surface area contributed by atoms with E-state index in [1.807, 2.05) is 13.0 Å². The molecule has 0 saturated heterocycles. The van der Waals surface area contributed by atoms with Gasteiger partial charge < -0.3 is 9.16 Å². The molecule has 0 spiro atoms. The number of carbonyl (C=O) groups is 1. The minimum atomic E-state index is -1.61. The van der Waals surface area contributed by atoms with E-state index in [0.29, 0.717) is 5.92 Å². The van der Waals surface area contributed by atoms with Crippen LogP contribution >= 0.6 is 0 Å². The number of ether oxygens (including phenoxy) is 1. The smallest absolute Gasteiger partial charge is 0.308 e. The predicted octanol–water partition coefficient (Wildman–Crippen LogP) is 3.86. The third kappa shape index (κ3) is 6.92. The molecule has 0 radical (unpaired) electrons. The fourth-order valence-electron chi connectivity index (χ4n) is 2.27. The summed E-state index contributed by atoms with van der Waals surface area (Å²) in [5.41, 5.74) is 0. The van der Waals surface area contributed by atoms with E-state index >= 15 is 0 Å². The highest BCUT2D eigenvalue weighted by Crippen LogP contribution is 2.27. The van der Waals surface area contributed by atoms with Gasteiger partial charge >= 0.3 is 5.97 Å². The largest absolute Gasteiger partial charge is 0.469 e. The van der Waals surface area contributed by atoms with Crippen molar-refractivity contribution in [3.05, 3.63) is 12.7 Å². The van der Waals surface area contributed by atoms with E-state index in [2.05, 4.69) is 40.1 Å². The maximum atomic E-state index is 11.5. The molecule has 112 valence electrons. The summed E-state index contributed by atoms with van der Waals surface area (Å²) in [4.78, 5) is 11.5. The third-order valence-electron chi connectivity index (χ3n) is 3.27. The van der Waals surface area contributed by atoms with E-state index < -0.39 is 8.32 Å². The fraction of sp³-hybridized carbons (Fsp3) is 0.800. The van der Waals surface area contributed by atoms with Crippen LogP contribution in [0.4, 0.5) is 0 Å². The van der Waals surface area contributed by atoms with Crippen LogP contribution in [0.5, 0.6) is 0 Å². The molecule has 4 heteroatoms. The summed E-state index contributed by atoms with van der Waals surface area (Å²) in [7, 11) is -0.176. The highest BCUT2D eigenvalue weighted by molar-refractivity contribution is 6.69. The van der Waals surface area contributed by atoms with E-state index in [0.717, 1.165) is 6.42 Å². The van der Waals surface area contributed by atoms with Crippen molar-refractivity contribution in [3.63, 3.8) is 0 Å². The van der Waals surface area contributed by atoms with Gasteiger partial charge in [-0.3, -0.25) is 4.79 Å². The van der Waals surface area contributed by atoms with Crippen molar-refractivity contribution in [1.29, 1.82) is 0 Å². The second-order valence-electron chi connectivity index (χ2n) is 6.43. The number of rotatable bonds is 8. The Morgan fingerprint density at radius 3 is 2.16 bits per heavy atom. The lowest BCUT2D eigenvalue weighted by molar-refractivity contribution is -0.145. The molecule has 0 heterocycles. The molecule has 0 aliphatic rings. The van der Waals surface area contributed by atoms with E-state index in [1.54, 1.807) is 0 Å². The zero-order valence-electron chi connectivity index (χ0n) is 13.5. The summed E-state index contributed by atoms with van der Waals surface area (Å²) in [6.07, 6.45) is 2.83. The zero-order chi connectivity index (χ0) is 15.2. The Kier molecular flexibility index (Phi) is 7.60. The van der Waals surface area contributed by atoms with Crippen LogP contribution in [0.2, 0.25) is 19.6 Å². The highest BCUT2D eigenvalue weighted by atomic mass is 28.4. The first-order valence-corrected chi connectivity index (χ1v) is 10.4. The van der Waals surface area contributed by atoms with E-state index in [9.17, 15) is 4.79 Å². The van der Waals surface area contributed by atoms with Crippen molar-refractivity contribution < 1.29 is 14.0 Å². The van der Waals surface area contributed by atoms with Crippen LogP contribution in [0.3, 0.4) is 0 Å². The normalized spacial score (nSPS) is 18.3. The maximum absolute atomic E-state index is 11.5. The molecule has 0 aromatic carbocycles. The number of hydrogen-bond donors (Lipinski definition) is 0. The van der Waals surface area contributed by atoms with E-state index in [1.165, 1.54) is 7.11 Å². The minimum Gasteiger partial charge on any atom is -0.469 e. The van der Waals surface area contributed by atoms with Crippen molar-refractivity contribution in [3.8, 4) is 0 Å². The third-order valence-corrected chi connectivity index (χ3v) is 4.25. The Morgan fingerprint density at radius 1 is 1.26 bits per heavy atom. The minimum absolute atomic E-state index is 0.0928. The number of esters is 1. The van der Waals surface area contributed by atoms with Crippen molar-refractivity contribution in [1.82, 2.24) is 0 Å². The maximum Gasteiger partial charge on any atom is 0.308 e. The first-order chi connectivity index (χ1) is 8.62. The van der Waals surface area contributed by atoms with Crippen LogP contribution in [-0.4, -0.2) is 27.5 Å². The molecule has 0 saturated carbocycles. The highest BCUT2D eigenvalue weighted by Gasteiger charge is 2.30. The van der Waals surface area contributed by atoms with Gasteiger partial charge in [-0.1, -0.05) is 26.8 Å². The lowest BCUT2D eigenvalue weighted by Gasteiger charge is -2.34. The molecule has 19 heavy (non-hydrogen) atoms. The van der Waals surface area contributed by atoms with Gasteiger partial charge in [-0.2, -0.15) is 0 Å². The molecule has 0 bridgehead atoms. The van der Waals surface area contributed by atoms with Crippen LogP contribution < -0.4 is 0 Å². The molecule has 0 fully saturated rings. The molecular formula is C15H30O3Si. The standard InChI is InChI=1S/C15H30O3Si/c1-9-11(2)14(18-19(6,7)8)12(3)10-13(4)15(16)17-5/h9,11-14H,1,10H2,2-8H3/t11-,12+,13-,14+/m1/s1. The monoisotopic (exact) mass is 286 g/mol. The SMILES string of the molecule is C=C[C@@H](C)[C@H](O[Si](C)(C)C)[C@@H](C)C[C@@H](C)C(=O)OC. The Morgan fingerprint density at radius 2 is 1.79 bits per heavy atom. The lowest BCUT2D eigenvalue weighted by Crippen LogP contribution is -2.39. The molecule has 0 aliphatic carbocycles. The predicted molar refractivity (Wildman–Crippen MR) is 82.5 cm³/mol. The molecule has 0 amide bonds. The Balaban J connectivity index is 4.76. The van der Waals surface area contributed by atoms with Gasteiger partial charge in [0, 0.05) is 0 Å². The molecule has 0 unspecified atom stereocenters. The van der Waals surface area contributed by atoms with Crippen LogP contribution in [0.15, 0.2) is 12.7 Å². The lowest BCUT2D eigenvalue weighted by atomic mass is 9.87. The topological polar surface area (TPSA) is 35.5 Å². The number of hydrogen-bond acceptors (Lipinski definition) is 3. The van der Waals surface area contributed by atoms with Crippen LogP contribution in [0.25, 0.3) is 0 Å². The Hall–Kier alpha value is -0.613. The molecule has 4 atom stereocenters. The quantitative estimate of drug-likeness (QED) is 0.386. The Bertz CT molecular complexity index is 296. The van der Waals surface area contributed by atoms with Crippen molar-refractivity contribution >= 4 is 14.3 Å². The summed E-state index contributed by atoms with van der Waals surface area (Å²) in [5.74, 6) is 0.343. The van der Waals surface area contributed by atoms with Crippen molar-refractivity contribution in [2.75, 3.05) is 7.11 Å². The first kappa shape index (κ1) is 18.4. The zero-order valence-corrected chi connectivity index (χ0v) is 14.5.